The van der Waals surface area contributed by atoms with Crippen LogP contribution in [-0.2, 0) is 13.6 Å². The molecule has 2 aliphatic heterocycles. The van der Waals surface area contributed by atoms with Crippen LogP contribution in [0.5, 0.6) is 5.88 Å². The third kappa shape index (κ3) is 4.81. The molecule has 2 N–H and O–H groups in total. The van der Waals surface area contributed by atoms with Crippen molar-refractivity contribution in [1.82, 2.24) is 29.6 Å². The Bertz CT molecular complexity index is 1670. The van der Waals surface area contributed by atoms with Crippen LogP contribution in [0.3, 0.4) is 0 Å². The van der Waals surface area contributed by atoms with Gasteiger partial charge in [-0.2, -0.15) is 5.10 Å². The van der Waals surface area contributed by atoms with Crippen LogP contribution < -0.4 is 20.3 Å². The fraction of sp³-hybridized carbons (Fsp3) is 0.500. The summed E-state index contributed by atoms with van der Waals surface area (Å²) in [4.78, 5) is 26.0. The van der Waals surface area contributed by atoms with Gasteiger partial charge in [0.2, 0.25) is 11.8 Å². The molecule has 3 aliphatic rings. The SMILES string of the molecule is Cc1cc2cc(n1)-c1c(C)nn(C)c1OC[C@H]1CC[C@H](C1)Cn1c(nc3ccc(N4C[C@H](C)NC[C@@H]4C)cc31)NC2=O. The lowest BCUT2D eigenvalue weighted by atomic mass is 10.1. The topological polar surface area (TPSA) is 102 Å². The van der Waals surface area contributed by atoms with E-state index < -0.39 is 0 Å². The number of carbonyl (C=O) groups excluding carboxylic acids is 1. The predicted molar refractivity (Wildman–Crippen MR) is 164 cm³/mol. The smallest absolute Gasteiger partial charge is 0.258 e. The number of ether oxygens (including phenoxy) is 1. The molecular weight excluding hydrogens is 528 g/mol. The number of hydrogen-bond acceptors (Lipinski definition) is 7. The van der Waals surface area contributed by atoms with E-state index in [4.69, 9.17) is 14.7 Å². The zero-order chi connectivity index (χ0) is 29.1. The van der Waals surface area contributed by atoms with Crippen LogP contribution in [-0.4, -0.2) is 62.0 Å². The molecule has 4 bridgehead atoms. The van der Waals surface area contributed by atoms with Crippen LogP contribution in [0.15, 0.2) is 30.3 Å². The molecule has 0 radical (unpaired) electrons. The Morgan fingerprint density at radius 1 is 1.02 bits per heavy atom. The second kappa shape index (κ2) is 10.4. The third-order valence-electron chi connectivity index (χ3n) is 9.24. The molecule has 10 nitrogen and oxygen atoms in total. The van der Waals surface area contributed by atoms with Gasteiger partial charge in [0, 0.05) is 55.7 Å². The van der Waals surface area contributed by atoms with Gasteiger partial charge < -0.3 is 19.5 Å². The second-order valence-corrected chi connectivity index (χ2v) is 12.6. The maximum Gasteiger partial charge on any atom is 0.258 e. The molecule has 42 heavy (non-hydrogen) atoms. The van der Waals surface area contributed by atoms with Crippen molar-refractivity contribution in [2.45, 2.75) is 65.6 Å². The summed E-state index contributed by atoms with van der Waals surface area (Å²) in [5.74, 6) is 2.02. The standard InChI is InChI=1S/C32H40N8O2/c1-18-10-24-12-27(34-18)29-21(4)37-38(5)31(29)42-17-23-7-6-22(11-23)16-40-28-13-25(39-15-19(2)33-14-20(39)3)8-9-26(28)35-32(40)36-30(24)41/h8-10,12-13,19-20,22-23,33H,6-7,11,14-17H2,1-5H3,(H,35,36,41)/t19-,20-,22+,23-/m0/s1. The van der Waals surface area contributed by atoms with Crippen molar-refractivity contribution < 1.29 is 9.53 Å². The molecule has 3 aromatic heterocycles. The molecule has 4 atom stereocenters. The van der Waals surface area contributed by atoms with E-state index in [1.165, 1.54) is 5.69 Å². The first kappa shape index (κ1) is 26.9. The lowest BCUT2D eigenvalue weighted by Crippen LogP contribution is -2.54. The maximum atomic E-state index is 13.8. The van der Waals surface area contributed by atoms with Gasteiger partial charge in [0.25, 0.3) is 5.91 Å². The second-order valence-electron chi connectivity index (χ2n) is 12.6. The summed E-state index contributed by atoms with van der Waals surface area (Å²) in [6.45, 7) is 11.7. The summed E-state index contributed by atoms with van der Waals surface area (Å²) < 4.78 is 10.5. The number of pyridine rings is 1. The molecular formula is C32H40N8O2. The number of fused-ring (bicyclic) bond motifs is 9. The summed E-state index contributed by atoms with van der Waals surface area (Å²) in [6, 6.07) is 11.0. The highest BCUT2D eigenvalue weighted by Gasteiger charge is 2.30. The lowest BCUT2D eigenvalue weighted by Gasteiger charge is -2.39. The van der Waals surface area contributed by atoms with Crippen molar-refractivity contribution in [3.8, 4) is 17.1 Å². The first-order chi connectivity index (χ1) is 20.2. The number of rotatable bonds is 1. The first-order valence-corrected chi connectivity index (χ1v) is 15.2. The minimum absolute atomic E-state index is 0.203. The number of nitrogens with one attached hydrogen (secondary N) is 2. The molecule has 1 saturated carbocycles. The first-order valence-electron chi connectivity index (χ1n) is 15.2. The highest BCUT2D eigenvalue weighted by Crippen LogP contribution is 2.38. The van der Waals surface area contributed by atoms with Gasteiger partial charge in [0.1, 0.15) is 0 Å². The monoisotopic (exact) mass is 568 g/mol. The fourth-order valence-electron chi connectivity index (χ4n) is 7.10. The van der Waals surface area contributed by atoms with Crippen LogP contribution in [0.25, 0.3) is 22.3 Å². The third-order valence-corrected chi connectivity index (χ3v) is 9.24. The summed E-state index contributed by atoms with van der Waals surface area (Å²) in [6.07, 6.45) is 3.29. The fourth-order valence-corrected chi connectivity index (χ4v) is 7.10. The zero-order valence-electron chi connectivity index (χ0n) is 25.1. The molecule has 1 amide bonds. The van der Waals surface area contributed by atoms with Gasteiger partial charge in [-0.3, -0.25) is 15.1 Å². The van der Waals surface area contributed by atoms with Crippen molar-refractivity contribution >= 4 is 28.6 Å². The summed E-state index contributed by atoms with van der Waals surface area (Å²) >= 11 is 0. The molecule has 10 heteroatoms. The van der Waals surface area contributed by atoms with E-state index >= 15 is 0 Å². The average molecular weight is 569 g/mol. The van der Waals surface area contributed by atoms with E-state index in [9.17, 15) is 4.79 Å². The van der Waals surface area contributed by atoms with Crippen molar-refractivity contribution in [3.63, 3.8) is 0 Å². The molecule has 1 aliphatic carbocycles. The van der Waals surface area contributed by atoms with Gasteiger partial charge in [0.15, 0.2) is 0 Å². The molecule has 0 unspecified atom stereocenters. The van der Waals surface area contributed by atoms with Gasteiger partial charge in [-0.15, -0.1) is 0 Å². The highest BCUT2D eigenvalue weighted by molar-refractivity contribution is 6.05. The highest BCUT2D eigenvalue weighted by atomic mass is 16.5. The Kier molecular flexibility index (Phi) is 6.68. The number of carbonyl (C=O) groups is 1. The van der Waals surface area contributed by atoms with Gasteiger partial charge in [-0.1, -0.05) is 0 Å². The Balaban J connectivity index is 1.32. The molecule has 220 valence electrons. The Labute approximate surface area is 246 Å². The van der Waals surface area contributed by atoms with E-state index in [1.807, 2.05) is 33.0 Å². The molecule has 5 heterocycles. The van der Waals surface area contributed by atoms with Gasteiger partial charge in [0.05, 0.1) is 34.6 Å². The average Bonchev–Trinajstić information content (AvgIpc) is 3.63. The van der Waals surface area contributed by atoms with E-state index in [1.54, 1.807) is 4.68 Å². The van der Waals surface area contributed by atoms with Crippen molar-refractivity contribution in [2.75, 3.05) is 29.9 Å². The molecule has 4 aromatic rings. The number of anilines is 2. The molecule has 1 aromatic carbocycles. The van der Waals surface area contributed by atoms with Crippen LogP contribution >= 0.6 is 0 Å². The van der Waals surface area contributed by atoms with Crippen LogP contribution in [0.1, 0.15) is 54.9 Å². The van der Waals surface area contributed by atoms with Crippen molar-refractivity contribution in [1.29, 1.82) is 0 Å². The van der Waals surface area contributed by atoms with Gasteiger partial charge in [-0.25, -0.2) is 9.67 Å². The number of hydrogen-bond donors (Lipinski definition) is 2. The van der Waals surface area contributed by atoms with E-state index in [0.717, 1.165) is 66.9 Å². The molecule has 0 spiro atoms. The molecule has 2 fully saturated rings. The van der Waals surface area contributed by atoms with Crippen LogP contribution in [0, 0.1) is 25.7 Å². The van der Waals surface area contributed by atoms with Crippen LogP contribution in [0.2, 0.25) is 0 Å². The summed E-state index contributed by atoms with van der Waals surface area (Å²) in [7, 11) is 1.90. The normalized spacial score (nSPS) is 24.4. The number of aryl methyl sites for hydroxylation is 3. The Hall–Kier alpha value is -3.92. The van der Waals surface area contributed by atoms with Gasteiger partial charge >= 0.3 is 0 Å². The van der Waals surface area contributed by atoms with E-state index in [0.29, 0.717) is 53.6 Å². The Morgan fingerprint density at radius 3 is 2.71 bits per heavy atom. The minimum Gasteiger partial charge on any atom is -0.477 e. The number of amides is 1. The molecule has 1 saturated heterocycles. The van der Waals surface area contributed by atoms with E-state index in [-0.39, 0.29) is 5.91 Å². The number of imidazole rings is 1. The maximum absolute atomic E-state index is 13.8. The van der Waals surface area contributed by atoms with Gasteiger partial charge in [-0.05, 0) is 89.1 Å². The predicted octanol–water partition coefficient (Wildman–Crippen LogP) is 4.70. The largest absolute Gasteiger partial charge is 0.477 e. The number of aromatic nitrogens is 5. The van der Waals surface area contributed by atoms with E-state index in [2.05, 4.69) is 57.2 Å². The number of piperazine rings is 1. The summed E-state index contributed by atoms with van der Waals surface area (Å²) in [5.41, 5.74) is 6.81. The minimum atomic E-state index is -0.203. The van der Waals surface area contributed by atoms with Crippen LogP contribution in [0.4, 0.5) is 11.6 Å². The zero-order valence-corrected chi connectivity index (χ0v) is 25.1. The van der Waals surface area contributed by atoms with Crippen molar-refractivity contribution in [2.24, 2.45) is 18.9 Å². The number of nitrogens with zero attached hydrogens (tertiary/aromatic N) is 6. The van der Waals surface area contributed by atoms with Crippen molar-refractivity contribution in [3.05, 3.63) is 47.3 Å². The quantitative estimate of drug-likeness (QED) is 0.343. The lowest BCUT2D eigenvalue weighted by molar-refractivity contribution is 0.102. The summed E-state index contributed by atoms with van der Waals surface area (Å²) in [5, 5.41) is 11.4. The molecule has 7 rings (SSSR count). The number of benzene rings is 1. The Morgan fingerprint density at radius 2 is 1.86 bits per heavy atom.